The molecule has 0 saturated carbocycles. The predicted octanol–water partition coefficient (Wildman–Crippen LogP) is 4.56. The Morgan fingerprint density at radius 3 is 2.41 bits per heavy atom. The molecule has 1 amide bonds. The number of amides is 1. The lowest BCUT2D eigenvalue weighted by Gasteiger charge is -2.36. The van der Waals surface area contributed by atoms with Crippen molar-refractivity contribution in [2.24, 2.45) is 0 Å². The molecule has 3 atom stereocenters. The number of ether oxygens (including phenoxy) is 2. The summed E-state index contributed by atoms with van der Waals surface area (Å²) < 4.78 is 12.7. The van der Waals surface area contributed by atoms with E-state index in [0.29, 0.717) is 24.3 Å². The number of nitrogens with zero attached hydrogens (tertiary/aromatic N) is 2. The number of rotatable bonds is 9. The first-order valence-corrected chi connectivity index (χ1v) is 13.1. The van der Waals surface area contributed by atoms with Crippen LogP contribution in [0.2, 0.25) is 0 Å². The lowest BCUT2D eigenvalue weighted by molar-refractivity contribution is -0.245. The van der Waals surface area contributed by atoms with E-state index >= 15 is 0 Å². The number of aromatic amines is 1. The summed E-state index contributed by atoms with van der Waals surface area (Å²) in [5, 5.41) is 19.9. The lowest BCUT2D eigenvalue weighted by Crippen LogP contribution is -2.31. The van der Waals surface area contributed by atoms with E-state index in [1.54, 1.807) is 23.9 Å². The monoisotopic (exact) mass is 516 g/mol. The largest absolute Gasteiger partial charge is 0.392 e. The zero-order valence-electron chi connectivity index (χ0n) is 20.1. The summed E-state index contributed by atoms with van der Waals surface area (Å²) in [6.45, 7) is 0.433. The second-order valence-corrected chi connectivity index (χ2v) is 9.75. The minimum Gasteiger partial charge on any atom is -0.392 e. The Hall–Kier alpha value is -3.50. The van der Waals surface area contributed by atoms with Crippen LogP contribution >= 0.6 is 11.8 Å². The van der Waals surface area contributed by atoms with Gasteiger partial charge in [-0.05, 0) is 28.8 Å². The van der Waals surface area contributed by atoms with Gasteiger partial charge in [0.15, 0.2) is 11.4 Å². The fourth-order valence-corrected chi connectivity index (χ4v) is 4.92. The van der Waals surface area contributed by atoms with Crippen LogP contribution in [0.5, 0.6) is 0 Å². The molecule has 8 nitrogen and oxygen atoms in total. The summed E-state index contributed by atoms with van der Waals surface area (Å²) >= 11 is 1.56. The molecule has 2 heterocycles. The lowest BCUT2D eigenvalue weighted by atomic mass is 10.0. The van der Waals surface area contributed by atoms with E-state index in [2.05, 4.69) is 20.5 Å². The second kappa shape index (κ2) is 12.2. The average molecular weight is 517 g/mol. The first-order valence-electron chi connectivity index (χ1n) is 12.1. The van der Waals surface area contributed by atoms with E-state index in [9.17, 15) is 9.90 Å². The van der Waals surface area contributed by atoms with E-state index in [-0.39, 0.29) is 24.7 Å². The fraction of sp³-hybridized carbons (Fsp3) is 0.250. The maximum atomic E-state index is 12.3. The average Bonchev–Trinajstić information content (AvgIpc) is 3.49. The Bertz CT molecular complexity index is 1270. The standard InChI is InChI=1S/C28H28N4O4S/c33-16-20-8-10-21(11-9-20)25-14-24(17-37-28-30-18-31-32-28)35-27(36-25)23-12-6-19(7-13-23)15-29-26(34)22-4-2-1-3-5-22/h1-13,18,24-25,27,33H,14-17H2,(H,29,34)(H,30,31,32)/t24-,25+,27+/m1/s1. The van der Waals surface area contributed by atoms with Crippen LogP contribution in [0.1, 0.15) is 51.4 Å². The molecular formula is C28H28N4O4S. The van der Waals surface area contributed by atoms with Crippen molar-refractivity contribution in [2.45, 2.75) is 43.2 Å². The number of hydrogen-bond donors (Lipinski definition) is 3. The molecule has 1 saturated heterocycles. The summed E-state index contributed by atoms with van der Waals surface area (Å²) in [4.78, 5) is 16.5. The van der Waals surface area contributed by atoms with Gasteiger partial charge in [0, 0.05) is 29.8 Å². The quantitative estimate of drug-likeness (QED) is 0.280. The van der Waals surface area contributed by atoms with E-state index in [0.717, 1.165) is 27.4 Å². The Kier molecular flexibility index (Phi) is 8.27. The van der Waals surface area contributed by atoms with Gasteiger partial charge in [-0.2, -0.15) is 5.10 Å². The zero-order chi connectivity index (χ0) is 25.5. The number of benzene rings is 3. The molecule has 1 aromatic heterocycles. The molecule has 37 heavy (non-hydrogen) atoms. The Labute approximate surface area is 219 Å². The number of thioether (sulfide) groups is 1. The minimum absolute atomic E-state index is 0.00609. The first-order chi connectivity index (χ1) is 18.2. The Morgan fingerprint density at radius 2 is 1.70 bits per heavy atom. The van der Waals surface area contributed by atoms with Crippen LogP contribution in [0.4, 0.5) is 0 Å². The Morgan fingerprint density at radius 1 is 0.973 bits per heavy atom. The van der Waals surface area contributed by atoms with Crippen LogP contribution < -0.4 is 5.32 Å². The number of carbonyl (C=O) groups is 1. The van der Waals surface area contributed by atoms with Crippen molar-refractivity contribution in [1.82, 2.24) is 20.5 Å². The first kappa shape index (κ1) is 25.2. The maximum absolute atomic E-state index is 12.3. The van der Waals surface area contributed by atoms with Crippen LogP contribution in [0.15, 0.2) is 90.3 Å². The molecule has 5 rings (SSSR count). The Balaban J connectivity index is 1.26. The highest BCUT2D eigenvalue weighted by Gasteiger charge is 2.32. The summed E-state index contributed by atoms with van der Waals surface area (Å²) in [5.74, 6) is 0.593. The van der Waals surface area contributed by atoms with E-state index in [1.165, 1.54) is 6.33 Å². The molecule has 3 aromatic carbocycles. The molecule has 4 aromatic rings. The minimum atomic E-state index is -0.537. The molecule has 9 heteroatoms. The summed E-state index contributed by atoms with van der Waals surface area (Å²) in [6, 6.07) is 24.9. The van der Waals surface area contributed by atoms with Gasteiger partial charge < -0.3 is 19.9 Å². The highest BCUT2D eigenvalue weighted by atomic mass is 32.2. The van der Waals surface area contributed by atoms with Gasteiger partial charge in [0.2, 0.25) is 0 Å². The summed E-state index contributed by atoms with van der Waals surface area (Å²) in [6.07, 6.45) is 1.42. The number of hydrogen-bond acceptors (Lipinski definition) is 7. The molecule has 0 bridgehead atoms. The molecule has 190 valence electrons. The van der Waals surface area contributed by atoms with E-state index in [4.69, 9.17) is 9.47 Å². The molecule has 0 unspecified atom stereocenters. The normalized spacial score (nSPS) is 19.4. The van der Waals surface area contributed by atoms with Crippen molar-refractivity contribution in [3.05, 3.63) is 113 Å². The maximum Gasteiger partial charge on any atom is 0.251 e. The van der Waals surface area contributed by atoms with Gasteiger partial charge in [-0.25, -0.2) is 4.98 Å². The highest BCUT2D eigenvalue weighted by molar-refractivity contribution is 7.99. The highest BCUT2D eigenvalue weighted by Crippen LogP contribution is 2.39. The van der Waals surface area contributed by atoms with Crippen LogP contribution in [0.3, 0.4) is 0 Å². The van der Waals surface area contributed by atoms with Gasteiger partial charge >= 0.3 is 0 Å². The van der Waals surface area contributed by atoms with Crippen LogP contribution in [0.25, 0.3) is 0 Å². The fourth-order valence-electron chi connectivity index (χ4n) is 4.12. The van der Waals surface area contributed by atoms with Crippen molar-refractivity contribution in [1.29, 1.82) is 0 Å². The topological polar surface area (TPSA) is 109 Å². The van der Waals surface area contributed by atoms with Gasteiger partial charge in [0.25, 0.3) is 5.91 Å². The third-order valence-corrected chi connectivity index (χ3v) is 7.16. The molecular weight excluding hydrogens is 488 g/mol. The zero-order valence-corrected chi connectivity index (χ0v) is 20.9. The third-order valence-electron chi connectivity index (χ3n) is 6.15. The summed E-state index contributed by atoms with van der Waals surface area (Å²) in [7, 11) is 0. The second-order valence-electron chi connectivity index (χ2n) is 8.74. The number of nitrogens with one attached hydrogen (secondary N) is 2. The predicted molar refractivity (Wildman–Crippen MR) is 140 cm³/mol. The summed E-state index contributed by atoms with van der Waals surface area (Å²) in [5.41, 5.74) is 4.43. The van der Waals surface area contributed by atoms with Crippen molar-refractivity contribution < 1.29 is 19.4 Å². The SMILES string of the molecule is O=C(NCc1ccc([C@H]2O[C@@H](CSc3ncn[nH]3)C[C@@H](c3ccc(CO)cc3)O2)cc1)c1ccccc1. The molecule has 0 aliphatic carbocycles. The van der Waals surface area contributed by atoms with Gasteiger partial charge in [-0.3, -0.25) is 9.89 Å². The number of aliphatic hydroxyl groups excluding tert-OH is 1. The number of aliphatic hydroxyl groups is 1. The van der Waals surface area contributed by atoms with Crippen molar-refractivity contribution in [2.75, 3.05) is 5.75 Å². The molecule has 1 aliphatic heterocycles. The van der Waals surface area contributed by atoms with Gasteiger partial charge in [0.05, 0.1) is 18.8 Å². The van der Waals surface area contributed by atoms with Crippen molar-refractivity contribution >= 4 is 17.7 Å². The number of aromatic nitrogens is 3. The molecule has 1 fully saturated rings. The molecule has 0 radical (unpaired) electrons. The smallest absolute Gasteiger partial charge is 0.251 e. The van der Waals surface area contributed by atoms with E-state index in [1.807, 2.05) is 66.7 Å². The molecule has 3 N–H and O–H groups in total. The van der Waals surface area contributed by atoms with Gasteiger partial charge in [-0.1, -0.05) is 78.5 Å². The van der Waals surface area contributed by atoms with Crippen LogP contribution in [-0.4, -0.2) is 38.1 Å². The van der Waals surface area contributed by atoms with Crippen LogP contribution in [-0.2, 0) is 22.6 Å². The molecule has 1 aliphatic rings. The third kappa shape index (κ3) is 6.64. The molecule has 0 spiro atoms. The van der Waals surface area contributed by atoms with Crippen molar-refractivity contribution in [3.8, 4) is 0 Å². The van der Waals surface area contributed by atoms with E-state index < -0.39 is 6.29 Å². The van der Waals surface area contributed by atoms with Crippen LogP contribution in [0, 0.1) is 0 Å². The number of carbonyl (C=O) groups excluding carboxylic acids is 1. The van der Waals surface area contributed by atoms with Crippen molar-refractivity contribution in [3.63, 3.8) is 0 Å². The number of H-pyrrole nitrogens is 1. The van der Waals surface area contributed by atoms with Gasteiger partial charge in [-0.15, -0.1) is 0 Å². The van der Waals surface area contributed by atoms with Gasteiger partial charge in [0.1, 0.15) is 6.33 Å².